The molecule has 2 N–H and O–H groups in total. The summed E-state index contributed by atoms with van der Waals surface area (Å²) in [7, 11) is 0. The van der Waals surface area contributed by atoms with Gasteiger partial charge < -0.3 is 10.6 Å². The first-order chi connectivity index (χ1) is 13.4. The van der Waals surface area contributed by atoms with Gasteiger partial charge in [-0.15, -0.1) is 0 Å². The summed E-state index contributed by atoms with van der Waals surface area (Å²) >= 11 is 0. The zero-order valence-corrected chi connectivity index (χ0v) is 15.5. The van der Waals surface area contributed by atoms with Gasteiger partial charge in [0, 0.05) is 29.3 Å². The Morgan fingerprint density at radius 3 is 1.96 bits per heavy atom. The average molecular weight is 373 g/mol. The van der Waals surface area contributed by atoms with Gasteiger partial charge in [-0.05, 0) is 44.2 Å². The van der Waals surface area contributed by atoms with Crippen LogP contribution in [0, 0.1) is 6.92 Å². The van der Waals surface area contributed by atoms with Gasteiger partial charge in [-0.2, -0.15) is 0 Å². The quantitative estimate of drug-likeness (QED) is 0.659. The number of aromatic nitrogens is 1. The number of nitrogens with zero attached hydrogens (tertiary/aromatic N) is 1. The van der Waals surface area contributed by atoms with E-state index in [-0.39, 0.29) is 22.8 Å². The highest BCUT2D eigenvalue weighted by Gasteiger charge is 2.12. The Labute approximate surface area is 162 Å². The van der Waals surface area contributed by atoms with Crippen molar-refractivity contribution in [2.45, 2.75) is 13.8 Å². The van der Waals surface area contributed by atoms with Crippen molar-refractivity contribution >= 4 is 29.0 Å². The van der Waals surface area contributed by atoms with Gasteiger partial charge in [-0.1, -0.05) is 29.8 Å². The summed E-state index contributed by atoms with van der Waals surface area (Å²) in [5.74, 6) is -0.865. The molecule has 6 nitrogen and oxygen atoms in total. The van der Waals surface area contributed by atoms with Gasteiger partial charge >= 0.3 is 0 Å². The third kappa shape index (κ3) is 4.67. The van der Waals surface area contributed by atoms with Crippen LogP contribution in [0.25, 0.3) is 0 Å². The lowest BCUT2D eigenvalue weighted by Gasteiger charge is -2.08. The molecule has 1 heterocycles. The van der Waals surface area contributed by atoms with Crippen molar-refractivity contribution < 1.29 is 14.4 Å². The molecule has 0 radical (unpaired) electrons. The number of amides is 2. The molecule has 28 heavy (non-hydrogen) atoms. The Balaban J connectivity index is 1.74. The van der Waals surface area contributed by atoms with Crippen LogP contribution in [0.5, 0.6) is 0 Å². The third-order valence-electron chi connectivity index (χ3n) is 4.10. The summed E-state index contributed by atoms with van der Waals surface area (Å²) in [6.07, 6.45) is 2.78. The molecule has 2 aromatic carbocycles. The minimum absolute atomic E-state index is 0.0902. The predicted octanol–water partition coefficient (Wildman–Crippen LogP) is 4.10. The molecule has 0 saturated carbocycles. The number of Topliss-reactive ketones (excluding diaryl/α,β-unsaturated/α-hetero) is 1. The lowest BCUT2D eigenvalue weighted by molar-refractivity contribution is 0.100. The molecule has 0 unspecified atom stereocenters. The van der Waals surface area contributed by atoms with Crippen LogP contribution in [0.4, 0.5) is 11.4 Å². The van der Waals surface area contributed by atoms with Gasteiger partial charge in [-0.3, -0.25) is 19.4 Å². The molecular formula is C22H19N3O3. The number of pyridine rings is 1. The molecule has 0 aliphatic rings. The number of hydrogen-bond acceptors (Lipinski definition) is 4. The van der Waals surface area contributed by atoms with Gasteiger partial charge in [0.15, 0.2) is 5.78 Å². The topological polar surface area (TPSA) is 88.2 Å². The second-order valence-corrected chi connectivity index (χ2v) is 6.37. The molecule has 2 amide bonds. The average Bonchev–Trinajstić information content (AvgIpc) is 2.70. The van der Waals surface area contributed by atoms with Crippen molar-refractivity contribution in [2.24, 2.45) is 0 Å². The second kappa shape index (κ2) is 8.26. The van der Waals surface area contributed by atoms with Crippen molar-refractivity contribution in [1.82, 2.24) is 4.98 Å². The Kier molecular flexibility index (Phi) is 5.60. The number of ketones is 1. The molecule has 0 spiro atoms. The smallest absolute Gasteiger partial charge is 0.257 e. The third-order valence-corrected chi connectivity index (χ3v) is 4.10. The van der Waals surface area contributed by atoms with Gasteiger partial charge in [0.1, 0.15) is 0 Å². The summed E-state index contributed by atoms with van der Waals surface area (Å²) < 4.78 is 0. The maximum absolute atomic E-state index is 12.5. The van der Waals surface area contributed by atoms with E-state index in [9.17, 15) is 14.4 Å². The molecule has 0 aliphatic carbocycles. The van der Waals surface area contributed by atoms with Crippen LogP contribution in [0.15, 0.2) is 67.0 Å². The van der Waals surface area contributed by atoms with Gasteiger partial charge in [0.2, 0.25) is 0 Å². The Hall–Kier alpha value is -3.80. The first-order valence-electron chi connectivity index (χ1n) is 8.68. The van der Waals surface area contributed by atoms with Crippen molar-refractivity contribution in [2.75, 3.05) is 10.6 Å². The monoisotopic (exact) mass is 373 g/mol. The van der Waals surface area contributed by atoms with Crippen molar-refractivity contribution in [3.63, 3.8) is 0 Å². The first kappa shape index (κ1) is 19.0. The number of aryl methyl sites for hydroxylation is 1. The number of nitrogens with one attached hydrogen (secondary N) is 2. The van der Waals surface area contributed by atoms with E-state index in [0.29, 0.717) is 16.9 Å². The number of carbonyl (C=O) groups excluding carboxylic acids is 3. The predicted molar refractivity (Wildman–Crippen MR) is 108 cm³/mol. The SMILES string of the molecule is CC(=O)c1cccc(NC(=O)c2cncc(C(=O)Nc3ccc(C)cc3)c2)c1. The zero-order valence-electron chi connectivity index (χ0n) is 15.5. The summed E-state index contributed by atoms with van der Waals surface area (Å²) in [5, 5.41) is 5.49. The normalized spacial score (nSPS) is 10.2. The van der Waals surface area contributed by atoms with Crippen LogP contribution in [0.2, 0.25) is 0 Å². The van der Waals surface area contributed by atoms with Crippen LogP contribution < -0.4 is 10.6 Å². The summed E-state index contributed by atoms with van der Waals surface area (Å²) in [4.78, 5) is 40.4. The molecule has 0 bridgehead atoms. The standard InChI is InChI=1S/C22H19N3O3/c1-14-6-8-19(9-7-14)24-21(27)17-10-18(13-23-12-17)22(28)25-20-5-3-4-16(11-20)15(2)26/h3-13H,1-2H3,(H,24,27)(H,25,28). The minimum atomic E-state index is -0.418. The maximum atomic E-state index is 12.5. The van der Waals surface area contributed by atoms with E-state index in [0.717, 1.165) is 5.56 Å². The maximum Gasteiger partial charge on any atom is 0.257 e. The van der Waals surface area contributed by atoms with Gasteiger partial charge in [0.25, 0.3) is 11.8 Å². The summed E-state index contributed by atoms with van der Waals surface area (Å²) in [6, 6.07) is 15.5. The minimum Gasteiger partial charge on any atom is -0.322 e. The number of carbonyl (C=O) groups is 3. The lowest BCUT2D eigenvalue weighted by atomic mass is 10.1. The Morgan fingerprint density at radius 1 is 0.750 bits per heavy atom. The van der Waals surface area contributed by atoms with Gasteiger partial charge in [0.05, 0.1) is 11.1 Å². The molecule has 0 saturated heterocycles. The number of anilines is 2. The fourth-order valence-electron chi connectivity index (χ4n) is 2.55. The van der Waals surface area contributed by atoms with E-state index >= 15 is 0 Å². The zero-order chi connectivity index (χ0) is 20.1. The Morgan fingerprint density at radius 2 is 1.36 bits per heavy atom. The van der Waals surface area contributed by atoms with Crippen molar-refractivity contribution in [3.05, 3.63) is 89.2 Å². The largest absolute Gasteiger partial charge is 0.322 e. The van der Waals surface area contributed by atoms with E-state index in [1.807, 2.05) is 19.1 Å². The number of hydrogen-bond donors (Lipinski definition) is 2. The van der Waals surface area contributed by atoms with Crippen molar-refractivity contribution in [3.8, 4) is 0 Å². The van der Waals surface area contributed by atoms with E-state index in [1.54, 1.807) is 36.4 Å². The van der Waals surface area contributed by atoms with Crippen LogP contribution in [-0.4, -0.2) is 22.6 Å². The molecule has 0 atom stereocenters. The molecule has 0 aliphatic heterocycles. The molecule has 6 heteroatoms. The van der Waals surface area contributed by atoms with Crippen LogP contribution >= 0.6 is 0 Å². The van der Waals surface area contributed by atoms with E-state index in [1.165, 1.54) is 25.4 Å². The molecular weight excluding hydrogens is 354 g/mol. The van der Waals surface area contributed by atoms with Crippen LogP contribution in [0.1, 0.15) is 43.6 Å². The molecule has 140 valence electrons. The number of benzene rings is 2. The highest BCUT2D eigenvalue weighted by Crippen LogP contribution is 2.14. The molecule has 0 fully saturated rings. The molecule has 3 aromatic rings. The summed E-state index contributed by atoms with van der Waals surface area (Å²) in [5.41, 5.74) is 3.25. The first-order valence-corrected chi connectivity index (χ1v) is 8.68. The van der Waals surface area contributed by atoms with Crippen molar-refractivity contribution in [1.29, 1.82) is 0 Å². The van der Waals surface area contributed by atoms with Crippen LogP contribution in [-0.2, 0) is 0 Å². The van der Waals surface area contributed by atoms with E-state index < -0.39 is 5.91 Å². The highest BCUT2D eigenvalue weighted by atomic mass is 16.2. The highest BCUT2D eigenvalue weighted by molar-refractivity contribution is 6.08. The Bertz CT molecular complexity index is 1040. The van der Waals surface area contributed by atoms with Gasteiger partial charge in [-0.25, -0.2) is 0 Å². The lowest BCUT2D eigenvalue weighted by Crippen LogP contribution is -2.16. The molecule has 3 rings (SSSR count). The summed E-state index contributed by atoms with van der Waals surface area (Å²) in [6.45, 7) is 3.42. The fraction of sp³-hybridized carbons (Fsp3) is 0.0909. The molecule has 1 aromatic heterocycles. The number of rotatable bonds is 5. The van der Waals surface area contributed by atoms with Crippen LogP contribution in [0.3, 0.4) is 0 Å². The fourth-order valence-corrected chi connectivity index (χ4v) is 2.55. The second-order valence-electron chi connectivity index (χ2n) is 6.37. The van der Waals surface area contributed by atoms with E-state index in [2.05, 4.69) is 15.6 Å². The van der Waals surface area contributed by atoms with E-state index in [4.69, 9.17) is 0 Å².